The Kier molecular flexibility index (Phi) is 4.16. The summed E-state index contributed by atoms with van der Waals surface area (Å²) in [6.45, 7) is 7.80. The minimum atomic E-state index is -2.38. The molecule has 110 valence electrons. The highest BCUT2D eigenvalue weighted by Gasteiger charge is 2.52. The summed E-state index contributed by atoms with van der Waals surface area (Å²) in [4.78, 5) is 0. The van der Waals surface area contributed by atoms with Gasteiger partial charge in [-0.05, 0) is 39.3 Å². The maximum absolute atomic E-state index is 12.4. The molecule has 0 aromatic heterocycles. The highest BCUT2D eigenvalue weighted by atomic mass is 35.5. The fourth-order valence-electron chi connectivity index (χ4n) is 2.04. The van der Waals surface area contributed by atoms with Crippen LogP contribution in [-0.2, 0) is 15.7 Å². The minimum absolute atomic E-state index is 0.302. The first-order valence-electron chi connectivity index (χ1n) is 6.54. The van der Waals surface area contributed by atoms with E-state index in [2.05, 4.69) is 0 Å². The van der Waals surface area contributed by atoms with Crippen molar-refractivity contribution in [2.24, 2.45) is 0 Å². The van der Waals surface area contributed by atoms with Crippen molar-refractivity contribution >= 4 is 24.2 Å². The molecule has 20 heavy (non-hydrogen) atoms. The van der Waals surface area contributed by atoms with E-state index in [1.165, 1.54) is 0 Å². The van der Waals surface area contributed by atoms with Crippen LogP contribution in [0.1, 0.15) is 33.3 Å². The average Bonchev–Trinajstić information content (AvgIpc) is 2.46. The molecule has 1 fully saturated rings. The number of halogens is 3. The maximum Gasteiger partial charge on any atom is 0.496 e. The van der Waals surface area contributed by atoms with E-state index >= 15 is 0 Å². The summed E-state index contributed by atoms with van der Waals surface area (Å²) in [5, 5.41) is 0.390. The lowest BCUT2D eigenvalue weighted by Gasteiger charge is -2.32. The normalized spacial score (nSPS) is 20.7. The van der Waals surface area contributed by atoms with Gasteiger partial charge in [-0.2, -0.15) is 0 Å². The van der Waals surface area contributed by atoms with Gasteiger partial charge >= 0.3 is 7.12 Å². The molecular weight excluding hydrogens is 284 g/mol. The summed E-state index contributed by atoms with van der Waals surface area (Å²) >= 11 is 6.17. The van der Waals surface area contributed by atoms with Crippen LogP contribution in [0.3, 0.4) is 0 Å². The second-order valence-electron chi connectivity index (χ2n) is 6.04. The van der Waals surface area contributed by atoms with Gasteiger partial charge < -0.3 is 9.31 Å². The van der Waals surface area contributed by atoms with Crippen molar-refractivity contribution in [1.82, 2.24) is 0 Å². The third-order valence-corrected chi connectivity index (χ3v) is 4.29. The molecule has 0 bridgehead atoms. The third-order valence-electron chi connectivity index (χ3n) is 3.96. The first-order valence-corrected chi connectivity index (χ1v) is 6.92. The van der Waals surface area contributed by atoms with Crippen LogP contribution in [0, 0.1) is 0 Å². The van der Waals surface area contributed by atoms with Crippen molar-refractivity contribution in [2.45, 2.75) is 51.7 Å². The molecule has 2 rings (SSSR count). The largest absolute Gasteiger partial charge is 0.496 e. The van der Waals surface area contributed by atoms with Crippen molar-refractivity contribution in [3.8, 4) is 0 Å². The zero-order valence-electron chi connectivity index (χ0n) is 12.0. The summed E-state index contributed by atoms with van der Waals surface area (Å²) in [6, 6.07) is 4.88. The Morgan fingerprint density at radius 2 is 1.70 bits per heavy atom. The highest BCUT2D eigenvalue weighted by molar-refractivity contribution is 6.65. The third kappa shape index (κ3) is 3.00. The van der Waals surface area contributed by atoms with Gasteiger partial charge in [0.1, 0.15) is 0 Å². The maximum atomic E-state index is 12.4. The molecule has 1 aliphatic rings. The molecule has 1 aliphatic heterocycles. The number of hydrogen-bond donors (Lipinski definition) is 0. The van der Waals surface area contributed by atoms with Gasteiger partial charge in [0.25, 0.3) is 0 Å². The quantitative estimate of drug-likeness (QED) is 0.796. The molecule has 2 nitrogen and oxygen atoms in total. The van der Waals surface area contributed by atoms with E-state index in [0.29, 0.717) is 16.0 Å². The predicted molar refractivity (Wildman–Crippen MR) is 76.9 cm³/mol. The number of alkyl halides is 2. The molecule has 0 amide bonds. The fourth-order valence-corrected chi connectivity index (χ4v) is 2.33. The van der Waals surface area contributed by atoms with Gasteiger partial charge in [0.15, 0.2) is 0 Å². The van der Waals surface area contributed by atoms with Crippen LogP contribution in [0.2, 0.25) is 5.02 Å². The Labute approximate surface area is 123 Å². The van der Waals surface area contributed by atoms with Gasteiger partial charge in [-0.3, -0.25) is 0 Å². The topological polar surface area (TPSA) is 18.5 Å². The first kappa shape index (κ1) is 15.7. The van der Waals surface area contributed by atoms with E-state index in [9.17, 15) is 8.78 Å². The molecule has 0 unspecified atom stereocenters. The Bertz CT molecular complexity index is 490. The van der Waals surface area contributed by atoms with Crippen molar-refractivity contribution in [3.63, 3.8) is 0 Å². The van der Waals surface area contributed by atoms with Crippen LogP contribution in [0.25, 0.3) is 0 Å². The Balaban J connectivity index is 2.23. The Morgan fingerprint density at radius 3 is 2.15 bits per heavy atom. The minimum Gasteiger partial charge on any atom is -0.399 e. The van der Waals surface area contributed by atoms with Crippen molar-refractivity contribution in [1.29, 1.82) is 0 Å². The molecule has 1 aromatic carbocycles. The van der Waals surface area contributed by atoms with E-state index in [1.807, 2.05) is 27.7 Å². The number of hydrogen-bond acceptors (Lipinski definition) is 2. The molecule has 0 spiro atoms. The molecule has 1 heterocycles. The van der Waals surface area contributed by atoms with Crippen LogP contribution < -0.4 is 5.46 Å². The van der Waals surface area contributed by atoms with Gasteiger partial charge in [-0.15, -0.1) is 0 Å². The van der Waals surface area contributed by atoms with E-state index < -0.39 is 24.7 Å². The van der Waals surface area contributed by atoms with Crippen LogP contribution in [0.4, 0.5) is 8.78 Å². The number of benzene rings is 1. The van der Waals surface area contributed by atoms with E-state index in [0.717, 1.165) is 0 Å². The van der Waals surface area contributed by atoms with Crippen molar-refractivity contribution < 1.29 is 18.1 Å². The van der Waals surface area contributed by atoms with Gasteiger partial charge in [0.2, 0.25) is 6.43 Å². The monoisotopic (exact) mass is 302 g/mol. The Morgan fingerprint density at radius 1 is 1.15 bits per heavy atom. The van der Waals surface area contributed by atoms with E-state index in [4.69, 9.17) is 20.9 Å². The summed E-state index contributed by atoms with van der Waals surface area (Å²) < 4.78 is 36.5. The molecule has 6 heteroatoms. The van der Waals surface area contributed by atoms with Gasteiger partial charge in [-0.25, -0.2) is 8.78 Å². The van der Waals surface area contributed by atoms with E-state index in [1.54, 1.807) is 18.2 Å². The molecule has 0 aliphatic carbocycles. The van der Waals surface area contributed by atoms with Gasteiger partial charge in [0.05, 0.1) is 11.2 Å². The zero-order chi connectivity index (χ0) is 15.1. The molecule has 1 aromatic rings. The summed E-state index contributed by atoms with van der Waals surface area (Å²) in [5.74, 6) is 0. The predicted octanol–water partition coefficient (Wildman–Crippen LogP) is 3.45. The summed E-state index contributed by atoms with van der Waals surface area (Å²) in [5.41, 5.74) is 0.263. The second kappa shape index (κ2) is 5.28. The van der Waals surface area contributed by atoms with E-state index in [-0.39, 0.29) is 6.42 Å². The summed E-state index contributed by atoms with van der Waals surface area (Å²) in [7, 11) is -0.576. The van der Waals surface area contributed by atoms with Gasteiger partial charge in [0, 0.05) is 16.9 Å². The highest BCUT2D eigenvalue weighted by Crippen LogP contribution is 2.37. The van der Waals surface area contributed by atoms with Crippen LogP contribution in [0.15, 0.2) is 18.2 Å². The van der Waals surface area contributed by atoms with Gasteiger partial charge in [-0.1, -0.05) is 23.7 Å². The van der Waals surface area contributed by atoms with Crippen LogP contribution in [0.5, 0.6) is 0 Å². The smallest absolute Gasteiger partial charge is 0.399 e. The van der Waals surface area contributed by atoms with Crippen LogP contribution >= 0.6 is 11.6 Å². The molecule has 0 radical (unpaired) electrons. The molecule has 0 saturated carbocycles. The lowest BCUT2D eigenvalue weighted by Crippen LogP contribution is -2.41. The van der Waals surface area contributed by atoms with Crippen LogP contribution in [-0.4, -0.2) is 24.7 Å². The Hall–Kier alpha value is -0.645. The zero-order valence-corrected chi connectivity index (χ0v) is 12.8. The lowest BCUT2D eigenvalue weighted by atomic mass is 9.78. The number of rotatable bonds is 3. The molecular formula is C14H18BClF2O2. The molecule has 1 saturated heterocycles. The standard InChI is InChI=1S/C14H18BClF2O2/c1-13(2)14(3,4)20-15(19-13)10-6-5-9(7-11(10)16)8-12(17)18/h5-7,12H,8H2,1-4H3. The second-order valence-corrected chi connectivity index (χ2v) is 6.45. The van der Waals surface area contributed by atoms with Crippen molar-refractivity contribution in [2.75, 3.05) is 0 Å². The first-order chi connectivity index (χ1) is 9.12. The SMILES string of the molecule is CC1(C)OB(c2ccc(CC(F)F)cc2Cl)OC1(C)C. The lowest BCUT2D eigenvalue weighted by molar-refractivity contribution is 0.00578. The summed E-state index contributed by atoms with van der Waals surface area (Å²) in [6.07, 6.45) is -2.68. The molecule has 0 N–H and O–H groups in total. The average molecular weight is 303 g/mol. The fraction of sp³-hybridized carbons (Fsp3) is 0.571. The molecule has 0 atom stereocenters. The van der Waals surface area contributed by atoms with Crippen molar-refractivity contribution in [3.05, 3.63) is 28.8 Å².